The van der Waals surface area contributed by atoms with Crippen LogP contribution in [-0.2, 0) is 9.53 Å². The Labute approximate surface area is 80.2 Å². The summed E-state index contributed by atoms with van der Waals surface area (Å²) in [4.78, 5) is 11.2. The average Bonchev–Trinajstić information content (AvgIpc) is 2.17. The first kappa shape index (κ1) is 10.9. The number of hydrogen-bond donors (Lipinski definition) is 2. The molecule has 1 fully saturated rings. The van der Waals surface area contributed by atoms with Crippen molar-refractivity contribution in [2.24, 2.45) is 5.92 Å². The molecule has 1 aliphatic carbocycles. The van der Waals surface area contributed by atoms with Gasteiger partial charge in [-0.3, -0.25) is 10.0 Å². The fourth-order valence-corrected chi connectivity index (χ4v) is 2.28. The molecule has 4 atom stereocenters. The number of nitrogens with one attached hydrogen (secondary N) is 1. The number of carbonyl (C=O) groups is 1. The number of hydroxylamine groups is 1. The standard InChI is InChI=1S/C8H16NO3P/c1-12-5-2-3-7(13)6(4-5)8(10)9-11/h5-7,11H,2-4,13H2,1H3,(H,9,10)/t5?,6?,7-/m0/s1. The molecular formula is C8H16NO3P. The first-order chi connectivity index (χ1) is 6.19. The van der Waals surface area contributed by atoms with E-state index in [2.05, 4.69) is 9.24 Å². The summed E-state index contributed by atoms with van der Waals surface area (Å²) in [5.74, 6) is -0.449. The number of rotatable bonds is 2. The summed E-state index contributed by atoms with van der Waals surface area (Å²) in [5, 5.41) is 8.51. The molecule has 0 spiro atoms. The quantitative estimate of drug-likeness (QED) is 0.393. The highest BCUT2D eigenvalue weighted by atomic mass is 31.0. The van der Waals surface area contributed by atoms with Crippen LogP contribution in [0.15, 0.2) is 0 Å². The Bertz CT molecular complexity index is 188. The van der Waals surface area contributed by atoms with Crippen molar-refractivity contribution in [3.05, 3.63) is 0 Å². The fraction of sp³-hybridized carbons (Fsp3) is 0.875. The van der Waals surface area contributed by atoms with Crippen molar-refractivity contribution in [3.63, 3.8) is 0 Å². The fourth-order valence-electron chi connectivity index (χ4n) is 1.75. The van der Waals surface area contributed by atoms with Gasteiger partial charge in [-0.25, -0.2) is 5.48 Å². The van der Waals surface area contributed by atoms with E-state index in [9.17, 15) is 4.79 Å². The van der Waals surface area contributed by atoms with Crippen molar-refractivity contribution in [2.75, 3.05) is 7.11 Å². The molecule has 0 aromatic heterocycles. The summed E-state index contributed by atoms with van der Waals surface area (Å²) >= 11 is 0. The van der Waals surface area contributed by atoms with Gasteiger partial charge in [-0.1, -0.05) is 0 Å². The van der Waals surface area contributed by atoms with Gasteiger partial charge in [-0.2, -0.15) is 0 Å². The van der Waals surface area contributed by atoms with Crippen LogP contribution >= 0.6 is 9.24 Å². The van der Waals surface area contributed by atoms with E-state index >= 15 is 0 Å². The van der Waals surface area contributed by atoms with E-state index in [0.717, 1.165) is 12.8 Å². The molecule has 0 saturated heterocycles. The Morgan fingerprint density at radius 2 is 2.31 bits per heavy atom. The summed E-state index contributed by atoms with van der Waals surface area (Å²) in [7, 11) is 4.31. The van der Waals surface area contributed by atoms with Crippen LogP contribution in [0.25, 0.3) is 0 Å². The van der Waals surface area contributed by atoms with E-state index in [1.165, 1.54) is 0 Å². The molecule has 0 aliphatic heterocycles. The third-order valence-electron chi connectivity index (χ3n) is 2.64. The monoisotopic (exact) mass is 205 g/mol. The summed E-state index contributed by atoms with van der Waals surface area (Å²) < 4.78 is 5.19. The van der Waals surface area contributed by atoms with E-state index in [-0.39, 0.29) is 23.6 Å². The lowest BCUT2D eigenvalue weighted by Crippen LogP contribution is -2.39. The van der Waals surface area contributed by atoms with Gasteiger partial charge >= 0.3 is 0 Å². The third-order valence-corrected chi connectivity index (χ3v) is 3.43. The van der Waals surface area contributed by atoms with Gasteiger partial charge in [0.2, 0.25) is 5.91 Å². The van der Waals surface area contributed by atoms with Gasteiger partial charge in [-0.15, -0.1) is 9.24 Å². The maximum atomic E-state index is 11.2. The van der Waals surface area contributed by atoms with E-state index < -0.39 is 0 Å². The second-order valence-electron chi connectivity index (χ2n) is 3.42. The maximum absolute atomic E-state index is 11.2. The minimum atomic E-state index is -0.304. The van der Waals surface area contributed by atoms with Crippen LogP contribution in [0.2, 0.25) is 0 Å². The number of amides is 1. The van der Waals surface area contributed by atoms with Crippen LogP contribution in [0, 0.1) is 5.92 Å². The Morgan fingerprint density at radius 1 is 1.62 bits per heavy atom. The molecule has 2 N–H and O–H groups in total. The lowest BCUT2D eigenvalue weighted by Gasteiger charge is -2.31. The van der Waals surface area contributed by atoms with E-state index in [1.807, 2.05) is 0 Å². The smallest absolute Gasteiger partial charge is 0.247 e. The van der Waals surface area contributed by atoms with Gasteiger partial charge in [0.15, 0.2) is 0 Å². The van der Waals surface area contributed by atoms with Gasteiger partial charge in [0, 0.05) is 13.0 Å². The molecule has 0 aromatic rings. The number of carbonyl (C=O) groups excluding carboxylic acids is 1. The highest BCUT2D eigenvalue weighted by Gasteiger charge is 2.32. The van der Waals surface area contributed by atoms with E-state index in [4.69, 9.17) is 9.94 Å². The molecule has 0 heterocycles. The SMILES string of the molecule is COC1CC[C@H](P)C(C(=O)NO)C1. The average molecular weight is 205 g/mol. The lowest BCUT2D eigenvalue weighted by molar-refractivity contribution is -0.135. The summed E-state index contributed by atoms with van der Waals surface area (Å²) in [6.45, 7) is 0. The normalized spacial score (nSPS) is 34.2. The molecule has 13 heavy (non-hydrogen) atoms. The van der Waals surface area contributed by atoms with Crippen molar-refractivity contribution in [1.29, 1.82) is 0 Å². The predicted octanol–water partition coefficient (Wildman–Crippen LogP) is 0.551. The highest BCUT2D eigenvalue weighted by Crippen LogP contribution is 2.31. The van der Waals surface area contributed by atoms with Gasteiger partial charge in [-0.05, 0) is 24.9 Å². The zero-order valence-electron chi connectivity index (χ0n) is 7.69. The number of ether oxygens (including phenoxy) is 1. The Hall–Kier alpha value is -0.180. The molecule has 76 valence electrons. The molecule has 0 aromatic carbocycles. The van der Waals surface area contributed by atoms with Gasteiger partial charge in [0.1, 0.15) is 0 Å². The van der Waals surface area contributed by atoms with Crippen LogP contribution in [-0.4, -0.2) is 30.0 Å². The summed E-state index contributed by atoms with van der Waals surface area (Å²) in [6.07, 6.45) is 2.78. The van der Waals surface area contributed by atoms with Crippen molar-refractivity contribution < 1.29 is 14.7 Å². The minimum Gasteiger partial charge on any atom is -0.381 e. The van der Waals surface area contributed by atoms with Crippen molar-refractivity contribution in [1.82, 2.24) is 5.48 Å². The largest absolute Gasteiger partial charge is 0.381 e. The second-order valence-corrected chi connectivity index (χ2v) is 4.27. The van der Waals surface area contributed by atoms with Crippen LogP contribution < -0.4 is 5.48 Å². The van der Waals surface area contributed by atoms with Crippen molar-refractivity contribution in [3.8, 4) is 0 Å². The molecule has 1 saturated carbocycles. The Balaban J connectivity index is 2.54. The van der Waals surface area contributed by atoms with Gasteiger partial charge in [0.05, 0.1) is 6.10 Å². The highest BCUT2D eigenvalue weighted by molar-refractivity contribution is 7.17. The van der Waals surface area contributed by atoms with E-state index in [0.29, 0.717) is 6.42 Å². The molecule has 3 unspecified atom stereocenters. The first-order valence-corrected chi connectivity index (χ1v) is 5.08. The van der Waals surface area contributed by atoms with Crippen LogP contribution in [0.1, 0.15) is 19.3 Å². The van der Waals surface area contributed by atoms with Crippen LogP contribution in [0.3, 0.4) is 0 Å². The summed E-state index contributed by atoms with van der Waals surface area (Å²) in [6, 6.07) is 0. The molecule has 1 rings (SSSR count). The predicted molar refractivity (Wildman–Crippen MR) is 51.6 cm³/mol. The lowest BCUT2D eigenvalue weighted by atomic mass is 9.86. The van der Waals surface area contributed by atoms with E-state index in [1.54, 1.807) is 12.6 Å². The first-order valence-electron chi connectivity index (χ1n) is 4.41. The molecule has 1 aliphatic rings. The zero-order chi connectivity index (χ0) is 9.84. The third kappa shape index (κ3) is 2.63. The van der Waals surface area contributed by atoms with Gasteiger partial charge in [0.25, 0.3) is 0 Å². The molecule has 0 bridgehead atoms. The molecule has 5 heteroatoms. The molecular weight excluding hydrogens is 189 g/mol. The number of hydrogen-bond acceptors (Lipinski definition) is 3. The van der Waals surface area contributed by atoms with Gasteiger partial charge < -0.3 is 4.74 Å². The minimum absolute atomic E-state index is 0.145. The topological polar surface area (TPSA) is 58.6 Å². The van der Waals surface area contributed by atoms with Crippen molar-refractivity contribution in [2.45, 2.75) is 31.0 Å². The zero-order valence-corrected chi connectivity index (χ0v) is 8.85. The summed E-state index contributed by atoms with van der Waals surface area (Å²) in [5.41, 5.74) is 1.95. The Morgan fingerprint density at radius 3 is 2.85 bits per heavy atom. The second kappa shape index (κ2) is 4.89. The molecule has 0 radical (unpaired) electrons. The molecule has 4 nitrogen and oxygen atoms in total. The Kier molecular flexibility index (Phi) is 4.10. The van der Waals surface area contributed by atoms with Crippen LogP contribution in [0.4, 0.5) is 0 Å². The number of methoxy groups -OCH3 is 1. The molecule has 1 amide bonds. The van der Waals surface area contributed by atoms with Crippen molar-refractivity contribution >= 4 is 15.1 Å². The maximum Gasteiger partial charge on any atom is 0.247 e. The van der Waals surface area contributed by atoms with Crippen LogP contribution in [0.5, 0.6) is 0 Å².